The van der Waals surface area contributed by atoms with E-state index in [9.17, 15) is 4.79 Å². The van der Waals surface area contributed by atoms with Gasteiger partial charge in [-0.2, -0.15) is 5.10 Å². The summed E-state index contributed by atoms with van der Waals surface area (Å²) in [5.74, 6) is 3.38. The van der Waals surface area contributed by atoms with Crippen LogP contribution >= 0.6 is 11.6 Å². The molecule has 1 aliphatic heterocycles. The number of carbonyl (C=O) groups is 1. The lowest BCUT2D eigenvalue weighted by Crippen LogP contribution is -2.21. The molecule has 34 heavy (non-hydrogen) atoms. The lowest BCUT2D eigenvalue weighted by molar-refractivity contribution is -0.118. The molecule has 2 aliphatic carbocycles. The zero-order chi connectivity index (χ0) is 23.0. The van der Waals surface area contributed by atoms with Crippen LogP contribution in [-0.2, 0) is 10.2 Å². The first-order valence-electron chi connectivity index (χ1n) is 11.3. The van der Waals surface area contributed by atoms with Crippen molar-refractivity contribution in [3.8, 4) is 5.75 Å². The molecule has 1 spiro atoms. The second kappa shape index (κ2) is 6.93. The molecule has 1 amide bonds. The van der Waals surface area contributed by atoms with Crippen molar-refractivity contribution in [3.05, 3.63) is 64.6 Å². The number of aromatic amines is 1. The highest BCUT2D eigenvalue weighted by atomic mass is 35.5. The van der Waals surface area contributed by atoms with Gasteiger partial charge >= 0.3 is 0 Å². The van der Waals surface area contributed by atoms with E-state index in [1.165, 1.54) is 0 Å². The number of halogens is 1. The normalized spacial score (nSPS) is 22.6. The molecule has 3 heterocycles. The van der Waals surface area contributed by atoms with Gasteiger partial charge in [-0.15, -0.1) is 0 Å². The molecule has 8 nitrogen and oxygen atoms in total. The van der Waals surface area contributed by atoms with E-state index in [2.05, 4.69) is 42.9 Å². The molecule has 170 valence electrons. The lowest BCUT2D eigenvalue weighted by atomic mass is 9.91. The second-order valence-electron chi connectivity index (χ2n) is 9.29. The number of methoxy groups -OCH3 is 1. The molecule has 2 atom stereocenters. The fourth-order valence-electron chi connectivity index (χ4n) is 5.17. The first-order chi connectivity index (χ1) is 16.6. The number of H-pyrrole nitrogens is 1. The maximum atomic E-state index is 13.0. The summed E-state index contributed by atoms with van der Waals surface area (Å²) in [5, 5.41) is 15.3. The Bertz CT molecular complexity index is 1500. The second-order valence-corrected chi connectivity index (χ2v) is 9.70. The number of ether oxygens (including phenoxy) is 1. The molecule has 2 fully saturated rings. The zero-order valence-corrected chi connectivity index (χ0v) is 19.1. The Morgan fingerprint density at radius 2 is 2.06 bits per heavy atom. The number of nitrogens with one attached hydrogen (secondary N) is 3. The van der Waals surface area contributed by atoms with Gasteiger partial charge < -0.3 is 15.4 Å². The standard InChI is InChI=1S/C25H21ClN6O2/c1-34-14-5-7-19-16(9-14)25(24(33)28-19)10-17(25)13-4-6-15-20(8-13)31-32-22(15)30-23-18(26)11-27-21(29-23)12-2-3-12/h4-9,11-12,17H,2-3,10H2,1H3,(H,28,33)(H2,27,29,30,31,32)/t17-,25-/m0/s1. The molecule has 2 aromatic heterocycles. The summed E-state index contributed by atoms with van der Waals surface area (Å²) in [6, 6.07) is 11.9. The average Bonchev–Trinajstić information content (AvgIpc) is 3.76. The van der Waals surface area contributed by atoms with Crippen molar-refractivity contribution in [1.82, 2.24) is 20.2 Å². The average molecular weight is 473 g/mol. The van der Waals surface area contributed by atoms with Crippen LogP contribution in [0.4, 0.5) is 17.3 Å². The third-order valence-corrected chi connectivity index (χ3v) is 7.53. The number of anilines is 3. The highest BCUT2D eigenvalue weighted by molar-refractivity contribution is 6.32. The first-order valence-corrected chi connectivity index (χ1v) is 11.7. The van der Waals surface area contributed by atoms with E-state index < -0.39 is 5.41 Å². The van der Waals surface area contributed by atoms with Crippen LogP contribution in [0.25, 0.3) is 10.9 Å². The van der Waals surface area contributed by atoms with E-state index in [0.29, 0.717) is 22.6 Å². The molecule has 0 unspecified atom stereocenters. The molecule has 2 saturated carbocycles. The smallest absolute Gasteiger partial charge is 0.235 e. The summed E-state index contributed by atoms with van der Waals surface area (Å²) in [4.78, 5) is 21.9. The van der Waals surface area contributed by atoms with Crippen molar-refractivity contribution in [2.75, 3.05) is 17.7 Å². The van der Waals surface area contributed by atoms with Gasteiger partial charge in [0, 0.05) is 22.9 Å². The molecule has 3 aliphatic rings. The van der Waals surface area contributed by atoms with Crippen molar-refractivity contribution < 1.29 is 9.53 Å². The molecule has 4 aromatic rings. The van der Waals surface area contributed by atoms with Gasteiger partial charge in [0.25, 0.3) is 0 Å². The van der Waals surface area contributed by atoms with Crippen LogP contribution < -0.4 is 15.4 Å². The number of amides is 1. The summed E-state index contributed by atoms with van der Waals surface area (Å²) < 4.78 is 5.40. The lowest BCUT2D eigenvalue weighted by Gasteiger charge is -2.10. The number of benzene rings is 2. The number of fused-ring (bicyclic) bond motifs is 3. The van der Waals surface area contributed by atoms with E-state index in [-0.39, 0.29) is 11.8 Å². The Kier molecular flexibility index (Phi) is 4.03. The van der Waals surface area contributed by atoms with Gasteiger partial charge in [-0.3, -0.25) is 9.89 Å². The molecular weight excluding hydrogens is 452 g/mol. The third kappa shape index (κ3) is 2.84. The number of rotatable bonds is 5. The minimum absolute atomic E-state index is 0.0534. The highest BCUT2D eigenvalue weighted by Crippen LogP contribution is 2.65. The van der Waals surface area contributed by atoms with E-state index in [0.717, 1.165) is 58.6 Å². The number of nitrogens with zero attached hydrogens (tertiary/aromatic N) is 3. The summed E-state index contributed by atoms with van der Waals surface area (Å²) in [7, 11) is 1.64. The minimum Gasteiger partial charge on any atom is -0.497 e. The van der Waals surface area contributed by atoms with Crippen molar-refractivity contribution in [2.24, 2.45) is 0 Å². The molecular formula is C25H21ClN6O2. The third-order valence-electron chi connectivity index (χ3n) is 7.25. The Morgan fingerprint density at radius 3 is 2.88 bits per heavy atom. The topological polar surface area (TPSA) is 105 Å². The van der Waals surface area contributed by atoms with E-state index >= 15 is 0 Å². The number of carbonyl (C=O) groups excluding carboxylic acids is 1. The molecule has 0 radical (unpaired) electrons. The summed E-state index contributed by atoms with van der Waals surface area (Å²) >= 11 is 6.34. The van der Waals surface area contributed by atoms with Crippen LogP contribution in [0.1, 0.15) is 48.0 Å². The number of hydrogen-bond acceptors (Lipinski definition) is 6. The first kappa shape index (κ1) is 19.8. The van der Waals surface area contributed by atoms with Crippen LogP contribution in [0.3, 0.4) is 0 Å². The Labute approximate surface area is 200 Å². The largest absolute Gasteiger partial charge is 0.497 e. The van der Waals surface area contributed by atoms with Crippen LogP contribution in [0.5, 0.6) is 5.75 Å². The van der Waals surface area contributed by atoms with Gasteiger partial charge in [0.1, 0.15) is 16.6 Å². The van der Waals surface area contributed by atoms with Crippen molar-refractivity contribution >= 4 is 45.7 Å². The molecule has 7 rings (SSSR count). The minimum atomic E-state index is -0.535. The van der Waals surface area contributed by atoms with Crippen molar-refractivity contribution in [2.45, 2.75) is 36.5 Å². The summed E-state index contributed by atoms with van der Waals surface area (Å²) in [6.07, 6.45) is 4.65. The fourth-order valence-corrected chi connectivity index (χ4v) is 5.30. The van der Waals surface area contributed by atoms with Crippen LogP contribution in [0.2, 0.25) is 5.02 Å². The predicted octanol–water partition coefficient (Wildman–Crippen LogP) is 5.01. The summed E-state index contributed by atoms with van der Waals surface area (Å²) in [6.45, 7) is 0. The van der Waals surface area contributed by atoms with E-state index in [4.69, 9.17) is 16.3 Å². The maximum Gasteiger partial charge on any atom is 0.235 e. The number of hydrogen-bond donors (Lipinski definition) is 3. The van der Waals surface area contributed by atoms with Gasteiger partial charge in [-0.25, -0.2) is 9.97 Å². The van der Waals surface area contributed by atoms with Crippen LogP contribution in [0, 0.1) is 0 Å². The summed E-state index contributed by atoms with van der Waals surface area (Å²) in [5.41, 5.74) is 3.34. The van der Waals surface area contributed by atoms with Crippen molar-refractivity contribution in [1.29, 1.82) is 0 Å². The Hall–Kier alpha value is -3.65. The Balaban J connectivity index is 1.20. The van der Waals surface area contributed by atoms with Crippen molar-refractivity contribution in [3.63, 3.8) is 0 Å². The SMILES string of the molecule is COc1ccc2c(c1)[C@]1(C[C@H]1c1ccc3c(Nc4nc(C5CC5)ncc4Cl)n[nH]c3c1)C(=O)N2. The zero-order valence-electron chi connectivity index (χ0n) is 18.4. The monoisotopic (exact) mass is 472 g/mol. The van der Waals surface area contributed by atoms with Gasteiger partial charge in [0.05, 0.1) is 24.2 Å². The van der Waals surface area contributed by atoms with Gasteiger partial charge in [-0.1, -0.05) is 17.7 Å². The maximum absolute atomic E-state index is 13.0. The molecule has 0 saturated heterocycles. The quantitative estimate of drug-likeness (QED) is 0.377. The number of aromatic nitrogens is 4. The van der Waals surface area contributed by atoms with Gasteiger partial charge in [0.2, 0.25) is 5.91 Å². The molecule has 2 aromatic carbocycles. The van der Waals surface area contributed by atoms with E-state index in [1.807, 2.05) is 24.3 Å². The predicted molar refractivity (Wildman–Crippen MR) is 129 cm³/mol. The van der Waals surface area contributed by atoms with Crippen LogP contribution in [0.15, 0.2) is 42.6 Å². The van der Waals surface area contributed by atoms with Gasteiger partial charge in [0.15, 0.2) is 11.6 Å². The molecule has 3 N–H and O–H groups in total. The van der Waals surface area contributed by atoms with E-state index in [1.54, 1.807) is 13.3 Å². The fraction of sp³-hybridized carbons (Fsp3) is 0.280. The van der Waals surface area contributed by atoms with Gasteiger partial charge in [-0.05, 0) is 60.7 Å². The highest BCUT2D eigenvalue weighted by Gasteiger charge is 2.65. The van der Waals surface area contributed by atoms with Crippen LogP contribution in [-0.4, -0.2) is 33.2 Å². The Morgan fingerprint density at radius 1 is 1.18 bits per heavy atom. The molecule has 0 bridgehead atoms. The molecule has 9 heteroatoms.